The minimum atomic E-state index is 0.641. The number of pyridine rings is 1. The molecular weight excluding hydrogens is 226 g/mol. The summed E-state index contributed by atoms with van der Waals surface area (Å²) in [6, 6.07) is 13.4. The standard InChI is InChI=1S/C14H13N3O/c1-18-13-6-4-5-12(9-13)10-17-8-3-2-7-14(17)16-11-15/h2-9H,10H2,1H3/b16-14+. The average Bonchev–Trinajstić information content (AvgIpc) is 2.41. The number of nitriles is 1. The highest BCUT2D eigenvalue weighted by molar-refractivity contribution is 5.28. The van der Waals surface area contributed by atoms with Crippen molar-refractivity contribution >= 4 is 0 Å². The summed E-state index contributed by atoms with van der Waals surface area (Å²) < 4.78 is 7.10. The normalized spacial score (nSPS) is 11.0. The molecule has 0 bridgehead atoms. The largest absolute Gasteiger partial charge is 0.497 e. The van der Waals surface area contributed by atoms with E-state index in [0.29, 0.717) is 12.0 Å². The van der Waals surface area contributed by atoms with Gasteiger partial charge in [0, 0.05) is 12.7 Å². The first-order valence-electron chi connectivity index (χ1n) is 5.54. The van der Waals surface area contributed by atoms with Crippen LogP contribution in [0.25, 0.3) is 0 Å². The third-order valence-corrected chi connectivity index (χ3v) is 2.57. The zero-order valence-corrected chi connectivity index (χ0v) is 10.1. The Morgan fingerprint density at radius 3 is 2.94 bits per heavy atom. The Bertz CT molecular complexity index is 638. The lowest BCUT2D eigenvalue weighted by atomic mass is 10.2. The van der Waals surface area contributed by atoms with Crippen molar-refractivity contribution in [2.45, 2.75) is 6.54 Å². The van der Waals surface area contributed by atoms with Crippen LogP contribution in [0.1, 0.15) is 5.56 Å². The molecule has 2 aromatic rings. The van der Waals surface area contributed by atoms with Crippen molar-refractivity contribution in [2.75, 3.05) is 7.11 Å². The van der Waals surface area contributed by atoms with Gasteiger partial charge in [-0.15, -0.1) is 0 Å². The maximum absolute atomic E-state index is 8.64. The number of hydrogen-bond acceptors (Lipinski definition) is 3. The summed E-state index contributed by atoms with van der Waals surface area (Å²) in [5, 5.41) is 8.64. The van der Waals surface area contributed by atoms with Gasteiger partial charge in [-0.2, -0.15) is 10.3 Å². The SMILES string of the molecule is COc1cccc(Cn2cccc/c2=N\C#N)c1. The Morgan fingerprint density at radius 2 is 2.17 bits per heavy atom. The van der Waals surface area contributed by atoms with Crippen LogP contribution < -0.4 is 10.2 Å². The maximum Gasteiger partial charge on any atom is 0.207 e. The third-order valence-electron chi connectivity index (χ3n) is 2.57. The second-order valence-corrected chi connectivity index (χ2v) is 3.75. The monoisotopic (exact) mass is 239 g/mol. The molecule has 1 heterocycles. The molecule has 18 heavy (non-hydrogen) atoms. The van der Waals surface area contributed by atoms with Gasteiger partial charge in [0.15, 0.2) is 0 Å². The fourth-order valence-electron chi connectivity index (χ4n) is 1.72. The molecule has 0 saturated heterocycles. The van der Waals surface area contributed by atoms with Gasteiger partial charge >= 0.3 is 0 Å². The van der Waals surface area contributed by atoms with Crippen LogP contribution in [0.3, 0.4) is 0 Å². The molecule has 0 amide bonds. The first kappa shape index (κ1) is 11.9. The molecule has 0 saturated carbocycles. The summed E-state index contributed by atoms with van der Waals surface area (Å²) in [5.41, 5.74) is 1.74. The molecule has 1 aromatic carbocycles. The average molecular weight is 239 g/mol. The van der Waals surface area contributed by atoms with Crippen molar-refractivity contribution in [2.24, 2.45) is 4.99 Å². The van der Waals surface area contributed by atoms with Crippen LogP contribution in [0.2, 0.25) is 0 Å². The molecule has 0 spiro atoms. The lowest BCUT2D eigenvalue weighted by Gasteiger charge is -2.08. The molecule has 0 fully saturated rings. The Hall–Kier alpha value is -2.54. The highest BCUT2D eigenvalue weighted by Crippen LogP contribution is 2.12. The fourth-order valence-corrected chi connectivity index (χ4v) is 1.72. The minimum absolute atomic E-state index is 0.641. The summed E-state index contributed by atoms with van der Waals surface area (Å²) in [7, 11) is 1.64. The van der Waals surface area contributed by atoms with Gasteiger partial charge in [0.2, 0.25) is 6.19 Å². The van der Waals surface area contributed by atoms with Crippen molar-refractivity contribution < 1.29 is 4.74 Å². The number of benzene rings is 1. The summed E-state index contributed by atoms with van der Waals surface area (Å²) >= 11 is 0. The van der Waals surface area contributed by atoms with Crippen molar-refractivity contribution in [3.05, 3.63) is 59.7 Å². The van der Waals surface area contributed by atoms with Crippen LogP contribution in [-0.2, 0) is 6.54 Å². The molecule has 2 rings (SSSR count). The van der Waals surface area contributed by atoms with E-state index >= 15 is 0 Å². The summed E-state index contributed by atoms with van der Waals surface area (Å²) in [6.07, 6.45) is 3.71. The highest BCUT2D eigenvalue weighted by Gasteiger charge is 1.98. The van der Waals surface area contributed by atoms with Gasteiger partial charge < -0.3 is 9.30 Å². The summed E-state index contributed by atoms with van der Waals surface area (Å²) in [5.74, 6) is 0.822. The van der Waals surface area contributed by atoms with Gasteiger partial charge in [0.05, 0.1) is 7.11 Å². The van der Waals surface area contributed by atoms with E-state index in [2.05, 4.69) is 4.99 Å². The Labute approximate surface area is 105 Å². The number of rotatable bonds is 3. The van der Waals surface area contributed by atoms with E-state index in [1.54, 1.807) is 7.11 Å². The molecular formula is C14H13N3O. The maximum atomic E-state index is 8.64. The fraction of sp³-hybridized carbons (Fsp3) is 0.143. The molecule has 90 valence electrons. The van der Waals surface area contributed by atoms with Crippen molar-refractivity contribution in [3.63, 3.8) is 0 Å². The zero-order valence-electron chi connectivity index (χ0n) is 10.1. The van der Waals surface area contributed by atoms with Gasteiger partial charge in [0.1, 0.15) is 11.2 Å². The molecule has 1 aromatic heterocycles. The van der Waals surface area contributed by atoms with Crippen LogP contribution in [-0.4, -0.2) is 11.7 Å². The molecule has 0 unspecified atom stereocenters. The second kappa shape index (κ2) is 5.69. The molecule has 0 atom stereocenters. The van der Waals surface area contributed by atoms with Gasteiger partial charge in [-0.25, -0.2) is 0 Å². The first-order chi connectivity index (χ1) is 8.83. The summed E-state index contributed by atoms with van der Waals surface area (Å²) in [6.45, 7) is 0.651. The molecule has 0 aliphatic carbocycles. The van der Waals surface area contributed by atoms with E-state index in [1.165, 1.54) is 0 Å². The van der Waals surface area contributed by atoms with Crippen LogP contribution >= 0.6 is 0 Å². The predicted molar refractivity (Wildman–Crippen MR) is 67.7 cm³/mol. The van der Waals surface area contributed by atoms with Crippen LogP contribution in [0.5, 0.6) is 5.75 Å². The van der Waals surface area contributed by atoms with E-state index < -0.39 is 0 Å². The Morgan fingerprint density at radius 1 is 1.28 bits per heavy atom. The lowest BCUT2D eigenvalue weighted by molar-refractivity contribution is 0.414. The van der Waals surface area contributed by atoms with Crippen LogP contribution in [0.15, 0.2) is 53.7 Å². The molecule has 0 radical (unpaired) electrons. The van der Waals surface area contributed by atoms with E-state index in [0.717, 1.165) is 11.3 Å². The second-order valence-electron chi connectivity index (χ2n) is 3.75. The number of methoxy groups -OCH3 is 1. The zero-order chi connectivity index (χ0) is 12.8. The van der Waals surface area contributed by atoms with E-state index in [9.17, 15) is 0 Å². The first-order valence-corrected chi connectivity index (χ1v) is 5.54. The summed E-state index contributed by atoms with van der Waals surface area (Å²) in [4.78, 5) is 3.78. The van der Waals surface area contributed by atoms with Crippen LogP contribution in [0.4, 0.5) is 0 Å². The van der Waals surface area contributed by atoms with Crippen molar-refractivity contribution in [1.29, 1.82) is 5.26 Å². The van der Waals surface area contributed by atoms with Gasteiger partial charge in [-0.1, -0.05) is 18.2 Å². The Balaban J connectivity index is 2.34. The van der Waals surface area contributed by atoms with E-state index in [1.807, 2.05) is 59.4 Å². The van der Waals surface area contributed by atoms with Crippen molar-refractivity contribution in [3.8, 4) is 11.9 Å². The predicted octanol–water partition coefficient (Wildman–Crippen LogP) is 1.93. The lowest BCUT2D eigenvalue weighted by Crippen LogP contribution is -2.19. The van der Waals surface area contributed by atoms with Gasteiger partial charge in [-0.3, -0.25) is 0 Å². The smallest absolute Gasteiger partial charge is 0.207 e. The van der Waals surface area contributed by atoms with Crippen molar-refractivity contribution in [1.82, 2.24) is 4.57 Å². The number of hydrogen-bond donors (Lipinski definition) is 0. The molecule has 4 nitrogen and oxygen atoms in total. The third kappa shape index (κ3) is 2.77. The molecule has 0 aliphatic heterocycles. The van der Waals surface area contributed by atoms with Gasteiger partial charge in [-0.05, 0) is 29.8 Å². The topological polar surface area (TPSA) is 50.3 Å². The molecule has 0 aliphatic rings. The number of nitrogens with zero attached hydrogens (tertiary/aromatic N) is 3. The minimum Gasteiger partial charge on any atom is -0.497 e. The van der Waals surface area contributed by atoms with E-state index in [-0.39, 0.29) is 0 Å². The highest BCUT2D eigenvalue weighted by atomic mass is 16.5. The molecule has 0 N–H and O–H groups in total. The quantitative estimate of drug-likeness (QED) is 0.768. The van der Waals surface area contributed by atoms with Gasteiger partial charge in [0.25, 0.3) is 0 Å². The number of ether oxygens (including phenoxy) is 1. The van der Waals surface area contributed by atoms with Crippen LogP contribution in [0, 0.1) is 11.5 Å². The van der Waals surface area contributed by atoms with E-state index in [4.69, 9.17) is 10.00 Å². The molecule has 4 heteroatoms. The number of aromatic nitrogens is 1. The Kier molecular flexibility index (Phi) is 3.77.